The van der Waals surface area contributed by atoms with Gasteiger partial charge >= 0.3 is 0 Å². The Morgan fingerprint density at radius 1 is 1.37 bits per heavy atom. The molecule has 0 fully saturated rings. The molecule has 0 unspecified atom stereocenters. The molecule has 2 aromatic heterocycles. The van der Waals surface area contributed by atoms with E-state index in [1.807, 2.05) is 12.3 Å². The first-order valence-corrected chi connectivity index (χ1v) is 7.00. The van der Waals surface area contributed by atoms with Gasteiger partial charge in [0.2, 0.25) is 0 Å². The third-order valence-corrected chi connectivity index (χ3v) is 3.29. The molecule has 19 heavy (non-hydrogen) atoms. The highest BCUT2D eigenvalue weighted by atomic mass is 15.1. The zero-order valence-corrected chi connectivity index (χ0v) is 12.2. The van der Waals surface area contributed by atoms with Gasteiger partial charge in [0.15, 0.2) is 0 Å². The van der Waals surface area contributed by atoms with E-state index >= 15 is 0 Å². The maximum atomic E-state index is 4.53. The maximum Gasteiger partial charge on any atom is 0.140 e. The van der Waals surface area contributed by atoms with Crippen molar-refractivity contribution in [1.29, 1.82) is 0 Å². The molecule has 0 aliphatic rings. The zero-order chi connectivity index (χ0) is 13.7. The van der Waals surface area contributed by atoms with E-state index in [1.54, 1.807) is 0 Å². The quantitative estimate of drug-likeness (QED) is 0.827. The van der Waals surface area contributed by atoms with Gasteiger partial charge in [-0.2, -0.15) is 0 Å². The van der Waals surface area contributed by atoms with Crippen LogP contribution in [0.15, 0.2) is 24.5 Å². The average Bonchev–Trinajstić information content (AvgIpc) is 2.75. The fraction of sp³-hybridized carbons (Fsp3) is 0.533. The van der Waals surface area contributed by atoms with E-state index in [0.29, 0.717) is 0 Å². The lowest BCUT2D eigenvalue weighted by molar-refractivity contribution is 0.387. The molecule has 0 radical (unpaired) electrons. The Labute approximate surface area is 115 Å². The molecule has 0 atom stereocenters. The summed E-state index contributed by atoms with van der Waals surface area (Å²) in [6.07, 6.45) is 5.27. The van der Waals surface area contributed by atoms with Crippen LogP contribution in [0.2, 0.25) is 0 Å². The summed E-state index contributed by atoms with van der Waals surface area (Å²) >= 11 is 0. The van der Waals surface area contributed by atoms with Crippen molar-refractivity contribution in [2.24, 2.45) is 0 Å². The molecule has 0 saturated carbocycles. The van der Waals surface area contributed by atoms with Crippen molar-refractivity contribution < 1.29 is 0 Å². The lowest BCUT2D eigenvalue weighted by atomic mass is 10.2. The number of aromatic nitrogens is 2. The summed E-state index contributed by atoms with van der Waals surface area (Å²) in [7, 11) is 4.23. The second-order valence-electron chi connectivity index (χ2n) is 5.16. The summed E-state index contributed by atoms with van der Waals surface area (Å²) in [6.45, 7) is 6.17. The van der Waals surface area contributed by atoms with Gasteiger partial charge in [-0.3, -0.25) is 0 Å². The van der Waals surface area contributed by atoms with Crippen LogP contribution in [0.25, 0.3) is 11.0 Å². The molecule has 2 aromatic rings. The molecule has 0 amide bonds. The SMILES string of the molecule is CCNCc1cn(CCCN(C)C)c2ncccc12. The Morgan fingerprint density at radius 2 is 2.21 bits per heavy atom. The number of rotatable bonds is 7. The van der Waals surface area contributed by atoms with Crippen LogP contribution in [0.4, 0.5) is 0 Å². The fourth-order valence-corrected chi connectivity index (χ4v) is 2.32. The predicted molar refractivity (Wildman–Crippen MR) is 80.3 cm³/mol. The molecular weight excluding hydrogens is 236 g/mol. The van der Waals surface area contributed by atoms with Crippen molar-refractivity contribution in [2.75, 3.05) is 27.2 Å². The van der Waals surface area contributed by atoms with Crippen LogP contribution in [0, 0.1) is 0 Å². The number of nitrogens with one attached hydrogen (secondary N) is 1. The molecule has 2 rings (SSSR count). The number of hydrogen-bond donors (Lipinski definition) is 1. The van der Waals surface area contributed by atoms with Crippen molar-refractivity contribution in [2.45, 2.75) is 26.4 Å². The van der Waals surface area contributed by atoms with E-state index in [2.05, 4.69) is 53.1 Å². The van der Waals surface area contributed by atoms with Gasteiger partial charge in [-0.05, 0) is 51.3 Å². The first-order chi connectivity index (χ1) is 9.22. The van der Waals surface area contributed by atoms with Crippen molar-refractivity contribution in [1.82, 2.24) is 19.8 Å². The van der Waals surface area contributed by atoms with Crippen LogP contribution in [0.3, 0.4) is 0 Å². The molecule has 4 heteroatoms. The van der Waals surface area contributed by atoms with Crippen LogP contribution in [0.5, 0.6) is 0 Å². The monoisotopic (exact) mass is 260 g/mol. The molecular formula is C15H24N4. The van der Waals surface area contributed by atoms with Crippen molar-refractivity contribution in [3.8, 4) is 0 Å². The van der Waals surface area contributed by atoms with E-state index in [0.717, 1.165) is 38.2 Å². The Balaban J connectivity index is 2.18. The second-order valence-corrected chi connectivity index (χ2v) is 5.16. The number of nitrogens with zero attached hydrogens (tertiary/aromatic N) is 3. The van der Waals surface area contributed by atoms with Gasteiger partial charge in [0.25, 0.3) is 0 Å². The van der Waals surface area contributed by atoms with Crippen LogP contribution in [0.1, 0.15) is 18.9 Å². The van der Waals surface area contributed by atoms with Gasteiger partial charge in [-0.1, -0.05) is 6.92 Å². The number of pyridine rings is 1. The summed E-state index contributed by atoms with van der Waals surface area (Å²) < 4.78 is 2.28. The summed E-state index contributed by atoms with van der Waals surface area (Å²) in [5.41, 5.74) is 2.45. The number of aryl methyl sites for hydroxylation is 1. The minimum atomic E-state index is 0.916. The third kappa shape index (κ3) is 3.55. The Morgan fingerprint density at radius 3 is 2.95 bits per heavy atom. The lowest BCUT2D eigenvalue weighted by Gasteiger charge is -2.09. The summed E-state index contributed by atoms with van der Waals surface area (Å²) in [5.74, 6) is 0. The topological polar surface area (TPSA) is 33.1 Å². The second kappa shape index (κ2) is 6.68. The molecule has 1 N–H and O–H groups in total. The van der Waals surface area contributed by atoms with Gasteiger partial charge in [0.05, 0.1) is 0 Å². The molecule has 4 nitrogen and oxygen atoms in total. The molecule has 104 valence electrons. The van der Waals surface area contributed by atoms with Crippen LogP contribution in [-0.2, 0) is 13.1 Å². The number of fused-ring (bicyclic) bond motifs is 1. The first-order valence-electron chi connectivity index (χ1n) is 7.00. The molecule has 0 saturated heterocycles. The molecule has 2 heterocycles. The van der Waals surface area contributed by atoms with E-state index in [-0.39, 0.29) is 0 Å². The maximum absolute atomic E-state index is 4.53. The van der Waals surface area contributed by atoms with Crippen molar-refractivity contribution in [3.63, 3.8) is 0 Å². The van der Waals surface area contributed by atoms with Gasteiger partial charge in [-0.25, -0.2) is 4.98 Å². The average molecular weight is 260 g/mol. The Hall–Kier alpha value is -1.39. The standard InChI is InChI=1S/C15H24N4/c1-4-16-11-13-12-19(10-6-9-18(2)3)15-14(13)7-5-8-17-15/h5,7-8,12,16H,4,6,9-11H2,1-3H3. The first kappa shape index (κ1) is 14.0. The lowest BCUT2D eigenvalue weighted by Crippen LogP contribution is -2.15. The normalized spacial score (nSPS) is 11.6. The van der Waals surface area contributed by atoms with E-state index in [4.69, 9.17) is 0 Å². The minimum absolute atomic E-state index is 0.916. The Kier molecular flexibility index (Phi) is 4.93. The third-order valence-electron chi connectivity index (χ3n) is 3.29. The van der Waals surface area contributed by atoms with Gasteiger partial charge < -0.3 is 14.8 Å². The highest BCUT2D eigenvalue weighted by molar-refractivity contribution is 5.80. The summed E-state index contributed by atoms with van der Waals surface area (Å²) in [6, 6.07) is 4.18. The smallest absolute Gasteiger partial charge is 0.140 e. The van der Waals surface area contributed by atoms with Gasteiger partial charge in [0, 0.05) is 30.9 Å². The van der Waals surface area contributed by atoms with Gasteiger partial charge in [0.1, 0.15) is 5.65 Å². The predicted octanol–water partition coefficient (Wildman–Crippen LogP) is 2.10. The summed E-state index contributed by atoms with van der Waals surface area (Å²) in [4.78, 5) is 6.75. The van der Waals surface area contributed by atoms with Gasteiger partial charge in [-0.15, -0.1) is 0 Å². The van der Waals surface area contributed by atoms with Crippen LogP contribution >= 0.6 is 0 Å². The molecule has 0 aliphatic heterocycles. The van der Waals surface area contributed by atoms with Crippen molar-refractivity contribution >= 4 is 11.0 Å². The van der Waals surface area contributed by atoms with Crippen LogP contribution in [-0.4, -0.2) is 41.6 Å². The van der Waals surface area contributed by atoms with E-state index in [9.17, 15) is 0 Å². The molecule has 0 spiro atoms. The minimum Gasteiger partial charge on any atom is -0.332 e. The Bertz CT molecular complexity index is 516. The highest BCUT2D eigenvalue weighted by Gasteiger charge is 2.08. The van der Waals surface area contributed by atoms with Crippen molar-refractivity contribution in [3.05, 3.63) is 30.1 Å². The zero-order valence-electron chi connectivity index (χ0n) is 12.2. The van der Waals surface area contributed by atoms with E-state index in [1.165, 1.54) is 10.9 Å². The molecule has 0 bridgehead atoms. The van der Waals surface area contributed by atoms with Crippen LogP contribution < -0.4 is 5.32 Å². The van der Waals surface area contributed by atoms with E-state index < -0.39 is 0 Å². The largest absolute Gasteiger partial charge is 0.332 e. The fourth-order valence-electron chi connectivity index (χ4n) is 2.32. The molecule has 0 aliphatic carbocycles. The number of hydrogen-bond acceptors (Lipinski definition) is 3. The molecule has 0 aromatic carbocycles. The highest BCUT2D eigenvalue weighted by Crippen LogP contribution is 2.19. The summed E-state index contributed by atoms with van der Waals surface area (Å²) in [5, 5.41) is 4.67.